The lowest BCUT2D eigenvalue weighted by atomic mass is 10.1. The van der Waals surface area contributed by atoms with Crippen LogP contribution in [0.2, 0.25) is 0 Å². The number of benzene rings is 2. The monoisotopic (exact) mass is 462 g/mol. The minimum Gasteiger partial charge on any atom is -0.492 e. The molecule has 0 saturated carbocycles. The van der Waals surface area contributed by atoms with Crippen LogP contribution in [0.4, 0.5) is 5.69 Å². The summed E-state index contributed by atoms with van der Waals surface area (Å²) in [7, 11) is -3.49. The largest absolute Gasteiger partial charge is 0.492 e. The molecule has 1 amide bonds. The molecule has 0 spiro atoms. The lowest BCUT2D eigenvalue weighted by Crippen LogP contribution is -2.33. The Labute approximate surface area is 191 Å². The van der Waals surface area contributed by atoms with Crippen LogP contribution in [0.1, 0.15) is 37.8 Å². The van der Waals surface area contributed by atoms with Gasteiger partial charge in [0.1, 0.15) is 18.1 Å². The lowest BCUT2D eigenvalue weighted by molar-refractivity contribution is -0.121. The molecule has 0 radical (unpaired) electrons. The smallest absolute Gasteiger partial charge is 0.232 e. The molecule has 1 N–H and O–H groups in total. The topological polar surface area (TPSA) is 84.9 Å². The fraction of sp³-hybridized carbons (Fsp3) is 0.458. The van der Waals surface area contributed by atoms with Crippen LogP contribution in [0, 0.1) is 13.8 Å². The van der Waals surface area contributed by atoms with E-state index >= 15 is 0 Å². The number of aryl methyl sites for hydroxylation is 2. The SMILES string of the molecule is Cc1ccc(OCCNC(=O)CCCN(c2cccc(OC(C)C)c2)S(C)(=O)=O)cc1C. The van der Waals surface area contributed by atoms with Gasteiger partial charge in [0.25, 0.3) is 0 Å². The molecule has 0 aliphatic rings. The number of carbonyl (C=O) groups excluding carboxylic acids is 1. The summed E-state index contributed by atoms with van der Waals surface area (Å²) < 4.78 is 37.2. The first-order chi connectivity index (χ1) is 15.1. The highest BCUT2D eigenvalue weighted by atomic mass is 32.2. The van der Waals surface area contributed by atoms with Crippen LogP contribution in [-0.2, 0) is 14.8 Å². The predicted octanol–water partition coefficient (Wildman–Crippen LogP) is 3.83. The standard InChI is InChI=1S/C24H34N2O5S/c1-18(2)31-23-9-6-8-21(17-23)26(32(5,28)29)14-7-10-24(27)25-13-15-30-22-12-11-19(3)20(4)16-22/h6,8-9,11-12,16-18H,7,10,13-15H2,1-5H3,(H,25,27). The number of carbonyl (C=O) groups is 1. The van der Waals surface area contributed by atoms with E-state index in [2.05, 4.69) is 5.32 Å². The molecule has 0 aliphatic carbocycles. The van der Waals surface area contributed by atoms with Gasteiger partial charge in [0, 0.05) is 19.0 Å². The van der Waals surface area contributed by atoms with Gasteiger partial charge < -0.3 is 14.8 Å². The van der Waals surface area contributed by atoms with E-state index in [9.17, 15) is 13.2 Å². The minimum absolute atomic E-state index is 0.0142. The van der Waals surface area contributed by atoms with E-state index in [-0.39, 0.29) is 25.0 Å². The predicted molar refractivity (Wildman–Crippen MR) is 128 cm³/mol. The normalized spacial score (nSPS) is 11.3. The number of hydrogen-bond acceptors (Lipinski definition) is 5. The Morgan fingerprint density at radius 1 is 1.06 bits per heavy atom. The Balaban J connectivity index is 1.81. The quantitative estimate of drug-likeness (QED) is 0.485. The lowest BCUT2D eigenvalue weighted by Gasteiger charge is -2.23. The van der Waals surface area contributed by atoms with Crippen LogP contribution >= 0.6 is 0 Å². The summed E-state index contributed by atoms with van der Waals surface area (Å²) in [6, 6.07) is 12.8. The van der Waals surface area contributed by atoms with Gasteiger partial charge in [0.05, 0.1) is 24.6 Å². The summed E-state index contributed by atoms with van der Waals surface area (Å²) in [5.41, 5.74) is 2.88. The molecule has 7 nitrogen and oxygen atoms in total. The van der Waals surface area contributed by atoms with Crippen LogP contribution in [0.25, 0.3) is 0 Å². The Hall–Kier alpha value is -2.74. The number of sulfonamides is 1. The molecule has 0 aliphatic heterocycles. The first kappa shape index (κ1) is 25.5. The van der Waals surface area contributed by atoms with Gasteiger partial charge in [-0.2, -0.15) is 0 Å². The van der Waals surface area contributed by atoms with Crippen molar-refractivity contribution in [3.8, 4) is 11.5 Å². The average Bonchev–Trinajstić information content (AvgIpc) is 2.70. The van der Waals surface area contributed by atoms with Crippen LogP contribution in [0.5, 0.6) is 11.5 Å². The van der Waals surface area contributed by atoms with E-state index in [0.717, 1.165) is 17.6 Å². The Morgan fingerprint density at radius 3 is 2.47 bits per heavy atom. The van der Waals surface area contributed by atoms with E-state index in [1.807, 2.05) is 45.9 Å². The number of rotatable bonds is 12. The molecular weight excluding hydrogens is 428 g/mol. The van der Waals surface area contributed by atoms with Gasteiger partial charge in [0.2, 0.25) is 15.9 Å². The van der Waals surface area contributed by atoms with Gasteiger partial charge in [-0.1, -0.05) is 12.1 Å². The summed E-state index contributed by atoms with van der Waals surface area (Å²) in [6.45, 7) is 8.84. The van der Waals surface area contributed by atoms with E-state index in [4.69, 9.17) is 9.47 Å². The van der Waals surface area contributed by atoms with Crippen molar-refractivity contribution in [2.24, 2.45) is 0 Å². The molecular formula is C24H34N2O5S. The van der Waals surface area contributed by atoms with Crippen LogP contribution in [0.15, 0.2) is 42.5 Å². The third kappa shape index (κ3) is 8.42. The summed E-state index contributed by atoms with van der Waals surface area (Å²) >= 11 is 0. The molecule has 0 atom stereocenters. The molecule has 2 aromatic carbocycles. The van der Waals surface area contributed by atoms with Crippen molar-refractivity contribution in [3.63, 3.8) is 0 Å². The molecule has 2 rings (SSSR count). The van der Waals surface area contributed by atoms with Gasteiger partial charge in [-0.25, -0.2) is 8.42 Å². The summed E-state index contributed by atoms with van der Waals surface area (Å²) in [6.07, 6.45) is 1.76. The molecule has 2 aromatic rings. The van der Waals surface area contributed by atoms with Crippen molar-refractivity contribution < 1.29 is 22.7 Å². The van der Waals surface area contributed by atoms with E-state index in [1.165, 1.54) is 9.87 Å². The molecule has 0 unspecified atom stereocenters. The summed E-state index contributed by atoms with van der Waals surface area (Å²) in [4.78, 5) is 12.1. The second-order valence-corrected chi connectivity index (χ2v) is 9.95. The van der Waals surface area contributed by atoms with E-state index < -0.39 is 10.0 Å². The highest BCUT2D eigenvalue weighted by molar-refractivity contribution is 7.92. The maximum absolute atomic E-state index is 12.3. The Morgan fingerprint density at radius 2 is 1.81 bits per heavy atom. The van der Waals surface area contributed by atoms with Crippen molar-refractivity contribution in [1.82, 2.24) is 5.32 Å². The third-order valence-corrected chi connectivity index (χ3v) is 6.01. The van der Waals surface area contributed by atoms with E-state index in [1.54, 1.807) is 24.3 Å². The molecule has 8 heteroatoms. The average molecular weight is 463 g/mol. The zero-order valence-corrected chi connectivity index (χ0v) is 20.4. The minimum atomic E-state index is -3.49. The zero-order chi connectivity index (χ0) is 23.7. The number of ether oxygens (including phenoxy) is 2. The van der Waals surface area contributed by atoms with Gasteiger partial charge in [-0.05, 0) is 69.5 Å². The molecule has 0 saturated heterocycles. The van der Waals surface area contributed by atoms with Crippen molar-refractivity contribution in [2.45, 2.75) is 46.6 Å². The van der Waals surface area contributed by atoms with Crippen molar-refractivity contribution >= 4 is 21.6 Å². The summed E-state index contributed by atoms with van der Waals surface area (Å²) in [5, 5.41) is 2.81. The molecule has 0 aromatic heterocycles. The highest BCUT2D eigenvalue weighted by Crippen LogP contribution is 2.24. The maximum atomic E-state index is 12.3. The number of nitrogens with one attached hydrogen (secondary N) is 1. The fourth-order valence-corrected chi connectivity index (χ4v) is 4.06. The van der Waals surface area contributed by atoms with Gasteiger partial charge in [0.15, 0.2) is 0 Å². The van der Waals surface area contributed by atoms with Crippen LogP contribution in [0.3, 0.4) is 0 Å². The first-order valence-electron chi connectivity index (χ1n) is 10.8. The number of hydrogen-bond donors (Lipinski definition) is 1. The number of amides is 1. The number of nitrogens with zero attached hydrogens (tertiary/aromatic N) is 1. The molecule has 0 heterocycles. The highest BCUT2D eigenvalue weighted by Gasteiger charge is 2.18. The zero-order valence-electron chi connectivity index (χ0n) is 19.6. The third-order valence-electron chi connectivity index (χ3n) is 4.81. The Kier molecular flexibility index (Phi) is 9.38. The van der Waals surface area contributed by atoms with E-state index in [0.29, 0.717) is 31.0 Å². The van der Waals surface area contributed by atoms with Crippen LogP contribution < -0.4 is 19.1 Å². The van der Waals surface area contributed by atoms with Crippen molar-refractivity contribution in [3.05, 3.63) is 53.6 Å². The van der Waals surface area contributed by atoms with Crippen molar-refractivity contribution in [1.29, 1.82) is 0 Å². The second kappa shape index (κ2) is 11.8. The molecule has 32 heavy (non-hydrogen) atoms. The molecule has 176 valence electrons. The van der Waals surface area contributed by atoms with Crippen molar-refractivity contribution in [2.75, 3.05) is 30.3 Å². The molecule has 0 bridgehead atoms. The maximum Gasteiger partial charge on any atom is 0.232 e. The molecule has 0 fully saturated rings. The second-order valence-electron chi connectivity index (χ2n) is 8.05. The number of anilines is 1. The van der Waals surface area contributed by atoms with Gasteiger partial charge in [-0.15, -0.1) is 0 Å². The summed E-state index contributed by atoms with van der Waals surface area (Å²) in [5.74, 6) is 1.24. The van der Waals surface area contributed by atoms with Crippen LogP contribution in [-0.4, -0.2) is 46.4 Å². The van der Waals surface area contributed by atoms with Gasteiger partial charge >= 0.3 is 0 Å². The Bertz CT molecular complexity index is 1010. The van der Waals surface area contributed by atoms with Gasteiger partial charge in [-0.3, -0.25) is 9.10 Å². The fourth-order valence-electron chi connectivity index (χ4n) is 3.11. The first-order valence-corrected chi connectivity index (χ1v) is 12.6.